The average Bonchev–Trinajstić information content (AvgIpc) is 2.71. The van der Waals surface area contributed by atoms with Gasteiger partial charge in [-0.05, 0) is 24.8 Å². The van der Waals surface area contributed by atoms with Crippen LogP contribution in [-0.2, 0) is 6.42 Å². The highest BCUT2D eigenvalue weighted by Gasteiger charge is 2.08. The van der Waals surface area contributed by atoms with E-state index in [2.05, 4.69) is 24.2 Å². The lowest BCUT2D eigenvalue weighted by atomic mass is 10.2. The van der Waals surface area contributed by atoms with Gasteiger partial charge in [0.15, 0.2) is 11.5 Å². The maximum absolute atomic E-state index is 5.73. The van der Waals surface area contributed by atoms with Gasteiger partial charge in [0.25, 0.3) is 0 Å². The summed E-state index contributed by atoms with van der Waals surface area (Å²) < 4.78 is 5.73. The zero-order valence-electron chi connectivity index (χ0n) is 9.82. The third-order valence-corrected chi connectivity index (χ3v) is 3.41. The molecular weight excluding hydrogens is 218 g/mol. The van der Waals surface area contributed by atoms with Gasteiger partial charge in [-0.25, -0.2) is 4.98 Å². The first-order valence-electron chi connectivity index (χ1n) is 5.77. The van der Waals surface area contributed by atoms with Gasteiger partial charge in [-0.3, -0.25) is 0 Å². The van der Waals surface area contributed by atoms with Crippen molar-refractivity contribution < 1.29 is 4.42 Å². The second-order valence-corrected chi connectivity index (χ2v) is 4.72. The molecule has 0 aliphatic heterocycles. The summed E-state index contributed by atoms with van der Waals surface area (Å²) in [5.74, 6) is 0.880. The molecule has 0 saturated heterocycles. The monoisotopic (exact) mass is 235 g/mol. The van der Waals surface area contributed by atoms with E-state index < -0.39 is 0 Å². The number of benzene rings is 1. The predicted octanol–water partition coefficient (Wildman–Crippen LogP) is 4.28. The molecule has 0 saturated carbocycles. The predicted molar refractivity (Wildman–Crippen MR) is 69.0 cm³/mol. The lowest BCUT2D eigenvalue weighted by molar-refractivity contribution is 0.512. The summed E-state index contributed by atoms with van der Waals surface area (Å²) in [4.78, 5) is 5.77. The second-order valence-electron chi connectivity index (χ2n) is 3.87. The third-order valence-electron chi connectivity index (χ3n) is 2.64. The van der Waals surface area contributed by atoms with Gasteiger partial charge in [-0.15, -0.1) is 11.8 Å². The van der Waals surface area contributed by atoms with E-state index >= 15 is 0 Å². The normalized spacial score (nSPS) is 11.1. The first kappa shape index (κ1) is 11.5. The number of oxazole rings is 1. The van der Waals surface area contributed by atoms with Crippen molar-refractivity contribution in [3.63, 3.8) is 0 Å². The number of rotatable bonds is 5. The quantitative estimate of drug-likeness (QED) is 0.571. The van der Waals surface area contributed by atoms with Crippen molar-refractivity contribution in [1.29, 1.82) is 0 Å². The molecule has 0 spiro atoms. The van der Waals surface area contributed by atoms with Crippen LogP contribution in [0.2, 0.25) is 0 Å². The fraction of sp³-hybridized carbons (Fsp3) is 0.462. The molecule has 0 atom stereocenters. The maximum atomic E-state index is 5.73. The molecule has 0 N–H and O–H groups in total. The van der Waals surface area contributed by atoms with Crippen LogP contribution < -0.4 is 0 Å². The number of nitrogens with zero attached hydrogens (tertiary/aromatic N) is 1. The Labute approximate surface area is 100 Å². The molecule has 2 nitrogen and oxygen atoms in total. The summed E-state index contributed by atoms with van der Waals surface area (Å²) in [6, 6.07) is 6.10. The molecule has 3 heteroatoms. The molecule has 0 unspecified atom stereocenters. The topological polar surface area (TPSA) is 26.0 Å². The molecule has 0 fully saturated rings. The van der Waals surface area contributed by atoms with Crippen LogP contribution in [0.3, 0.4) is 0 Å². The minimum Gasteiger partial charge on any atom is -0.441 e. The van der Waals surface area contributed by atoms with Crippen LogP contribution >= 0.6 is 11.8 Å². The molecule has 2 rings (SSSR count). The number of aryl methyl sites for hydroxylation is 1. The van der Waals surface area contributed by atoms with Gasteiger partial charge in [0.1, 0.15) is 5.52 Å². The molecule has 86 valence electrons. The van der Waals surface area contributed by atoms with Crippen molar-refractivity contribution in [2.24, 2.45) is 0 Å². The fourth-order valence-electron chi connectivity index (χ4n) is 1.77. The Morgan fingerprint density at radius 3 is 2.94 bits per heavy atom. The van der Waals surface area contributed by atoms with E-state index in [0.29, 0.717) is 0 Å². The number of fused-ring (bicyclic) bond motifs is 1. The lowest BCUT2D eigenvalue weighted by Gasteiger charge is -1.93. The highest BCUT2D eigenvalue weighted by Crippen LogP contribution is 2.26. The Morgan fingerprint density at radius 1 is 1.31 bits per heavy atom. The number of thioether (sulfide) groups is 1. The highest BCUT2D eigenvalue weighted by molar-refractivity contribution is 7.98. The van der Waals surface area contributed by atoms with E-state index in [9.17, 15) is 0 Å². The van der Waals surface area contributed by atoms with Crippen molar-refractivity contribution >= 4 is 22.9 Å². The summed E-state index contributed by atoms with van der Waals surface area (Å²) in [7, 11) is 0. The van der Waals surface area contributed by atoms with Crippen LogP contribution in [0.1, 0.15) is 32.1 Å². The number of hydrogen-bond donors (Lipinski definition) is 0. The Morgan fingerprint density at radius 2 is 2.19 bits per heavy atom. The highest BCUT2D eigenvalue weighted by atomic mass is 32.2. The molecule has 2 aromatic rings. The fourth-order valence-corrected chi connectivity index (χ4v) is 2.32. The minimum absolute atomic E-state index is 0.880. The number of unbranched alkanes of at least 4 members (excludes halogenated alkanes) is 2. The zero-order chi connectivity index (χ0) is 11.4. The summed E-state index contributed by atoms with van der Waals surface area (Å²) in [5.41, 5.74) is 1.93. The average molecular weight is 235 g/mol. The Kier molecular flexibility index (Phi) is 3.88. The maximum Gasteiger partial charge on any atom is 0.195 e. The number of aromatic nitrogens is 1. The van der Waals surface area contributed by atoms with Crippen molar-refractivity contribution in [3.8, 4) is 0 Å². The van der Waals surface area contributed by atoms with Crippen LogP contribution in [0.25, 0.3) is 11.1 Å². The SMILES string of the molecule is CCCCCc1nc2c(SC)cccc2o1. The standard InChI is InChI=1S/C13H17NOS/c1-3-4-5-9-12-14-13-10(15-12)7-6-8-11(13)16-2/h6-8H,3-5,9H2,1-2H3. The molecule has 1 aromatic carbocycles. The van der Waals surface area contributed by atoms with Gasteiger partial charge >= 0.3 is 0 Å². The van der Waals surface area contributed by atoms with E-state index in [-0.39, 0.29) is 0 Å². The van der Waals surface area contributed by atoms with E-state index in [0.717, 1.165) is 29.8 Å². The zero-order valence-corrected chi connectivity index (χ0v) is 10.6. The van der Waals surface area contributed by atoms with Crippen molar-refractivity contribution in [1.82, 2.24) is 4.98 Å². The van der Waals surface area contributed by atoms with E-state index in [1.54, 1.807) is 11.8 Å². The summed E-state index contributed by atoms with van der Waals surface area (Å²) >= 11 is 1.72. The smallest absolute Gasteiger partial charge is 0.195 e. The van der Waals surface area contributed by atoms with Gasteiger partial charge in [-0.1, -0.05) is 25.8 Å². The van der Waals surface area contributed by atoms with Gasteiger partial charge < -0.3 is 4.42 Å². The molecule has 1 aromatic heterocycles. The van der Waals surface area contributed by atoms with Gasteiger partial charge in [0.2, 0.25) is 0 Å². The first-order chi connectivity index (χ1) is 7.85. The summed E-state index contributed by atoms with van der Waals surface area (Å²) in [6.07, 6.45) is 6.67. The van der Waals surface area contributed by atoms with Crippen molar-refractivity contribution in [2.45, 2.75) is 37.5 Å². The van der Waals surface area contributed by atoms with Gasteiger partial charge in [0, 0.05) is 11.3 Å². The third kappa shape index (κ3) is 2.40. The van der Waals surface area contributed by atoms with E-state index in [1.807, 2.05) is 12.1 Å². The first-order valence-corrected chi connectivity index (χ1v) is 7.00. The summed E-state index contributed by atoms with van der Waals surface area (Å²) in [6.45, 7) is 2.21. The number of hydrogen-bond acceptors (Lipinski definition) is 3. The van der Waals surface area contributed by atoms with Crippen LogP contribution in [0.5, 0.6) is 0 Å². The van der Waals surface area contributed by atoms with Crippen molar-refractivity contribution in [3.05, 3.63) is 24.1 Å². The molecule has 0 amide bonds. The lowest BCUT2D eigenvalue weighted by Crippen LogP contribution is -1.84. The van der Waals surface area contributed by atoms with Gasteiger partial charge in [0.05, 0.1) is 0 Å². The van der Waals surface area contributed by atoms with Gasteiger partial charge in [-0.2, -0.15) is 0 Å². The Balaban J connectivity index is 2.22. The molecule has 0 bridgehead atoms. The molecule has 16 heavy (non-hydrogen) atoms. The van der Waals surface area contributed by atoms with Crippen LogP contribution in [0.15, 0.2) is 27.5 Å². The van der Waals surface area contributed by atoms with E-state index in [1.165, 1.54) is 17.7 Å². The Bertz CT molecular complexity index is 464. The van der Waals surface area contributed by atoms with Crippen LogP contribution in [-0.4, -0.2) is 11.2 Å². The molecule has 1 heterocycles. The molecule has 0 aliphatic rings. The van der Waals surface area contributed by atoms with Crippen molar-refractivity contribution in [2.75, 3.05) is 6.26 Å². The molecule has 0 radical (unpaired) electrons. The summed E-state index contributed by atoms with van der Waals surface area (Å²) in [5, 5.41) is 0. The van der Waals surface area contributed by atoms with E-state index in [4.69, 9.17) is 4.42 Å². The van der Waals surface area contributed by atoms with Crippen LogP contribution in [0.4, 0.5) is 0 Å². The largest absolute Gasteiger partial charge is 0.441 e. The number of para-hydroxylation sites is 1. The van der Waals surface area contributed by atoms with Crippen LogP contribution in [0, 0.1) is 0 Å². The minimum atomic E-state index is 0.880. The molecular formula is C13H17NOS. The second kappa shape index (κ2) is 5.39. The Hall–Kier alpha value is -0.960. The molecule has 0 aliphatic carbocycles.